The molecule has 0 unspecified atom stereocenters. The molecule has 0 aromatic heterocycles. The molecule has 0 heterocycles. The molecule has 2 aliphatic rings. The fourth-order valence-electron chi connectivity index (χ4n) is 3.52. The number of nitrogens with one attached hydrogen (secondary N) is 1. The number of benzene rings is 1. The molecule has 2 saturated carbocycles. The molecule has 3 rings (SSSR count). The molecule has 18 heavy (non-hydrogen) atoms. The average molecular weight is 309 g/mol. The van der Waals surface area contributed by atoms with Crippen molar-refractivity contribution >= 4 is 21.8 Å². The van der Waals surface area contributed by atoms with E-state index in [4.69, 9.17) is 5.84 Å². The third-order valence-corrected chi connectivity index (χ3v) is 4.97. The molecule has 1 spiro atoms. The minimum Gasteiger partial charge on any atom is -0.294 e. The lowest BCUT2D eigenvalue weighted by atomic mass is 9.55. The van der Waals surface area contributed by atoms with Crippen LogP contribution in [-0.2, 0) is 10.2 Å². The fraction of sp³-hybridized carbons (Fsp3) is 0.500. The van der Waals surface area contributed by atoms with E-state index in [2.05, 4.69) is 33.5 Å². The van der Waals surface area contributed by atoms with Crippen molar-refractivity contribution in [3.63, 3.8) is 0 Å². The summed E-state index contributed by atoms with van der Waals surface area (Å²) in [4.78, 5) is 11.7. The van der Waals surface area contributed by atoms with Gasteiger partial charge in [0.05, 0.1) is 0 Å². The molecule has 0 radical (unpaired) electrons. The maximum absolute atomic E-state index is 11.7. The summed E-state index contributed by atoms with van der Waals surface area (Å²) < 4.78 is 1.07. The highest BCUT2D eigenvalue weighted by Gasteiger charge is 2.61. The Morgan fingerprint density at radius 1 is 1.39 bits per heavy atom. The van der Waals surface area contributed by atoms with E-state index in [0.29, 0.717) is 11.8 Å². The van der Waals surface area contributed by atoms with E-state index in [0.717, 1.165) is 17.3 Å². The maximum atomic E-state index is 11.7. The van der Waals surface area contributed by atoms with E-state index >= 15 is 0 Å². The van der Waals surface area contributed by atoms with Crippen LogP contribution >= 0.6 is 15.9 Å². The Kier molecular flexibility index (Phi) is 2.75. The highest BCUT2D eigenvalue weighted by atomic mass is 79.9. The van der Waals surface area contributed by atoms with Crippen LogP contribution in [0, 0.1) is 5.41 Å². The normalized spacial score (nSPS) is 22.3. The zero-order valence-electron chi connectivity index (χ0n) is 10.2. The molecule has 0 bridgehead atoms. The van der Waals surface area contributed by atoms with Crippen molar-refractivity contribution in [3.05, 3.63) is 34.3 Å². The molecule has 0 saturated heterocycles. The van der Waals surface area contributed by atoms with E-state index in [1.807, 2.05) is 12.1 Å². The third-order valence-electron chi connectivity index (χ3n) is 4.48. The molecule has 2 fully saturated rings. The molecule has 4 heteroatoms. The number of hydrazine groups is 1. The molecule has 3 N–H and O–H groups in total. The summed E-state index contributed by atoms with van der Waals surface area (Å²) in [6.45, 7) is 0. The number of hydrogen-bond acceptors (Lipinski definition) is 2. The van der Waals surface area contributed by atoms with Crippen LogP contribution in [0.1, 0.15) is 37.7 Å². The van der Waals surface area contributed by atoms with E-state index in [1.165, 1.54) is 18.4 Å². The van der Waals surface area contributed by atoms with E-state index in [1.54, 1.807) is 0 Å². The van der Waals surface area contributed by atoms with E-state index < -0.39 is 0 Å². The maximum Gasteiger partial charge on any atom is 0.234 e. The van der Waals surface area contributed by atoms with Crippen molar-refractivity contribution in [2.24, 2.45) is 11.3 Å². The van der Waals surface area contributed by atoms with Crippen LogP contribution in [0.15, 0.2) is 28.7 Å². The first-order valence-corrected chi connectivity index (χ1v) is 7.12. The number of nitrogens with two attached hydrogens (primary N) is 1. The van der Waals surface area contributed by atoms with Gasteiger partial charge in [0.15, 0.2) is 0 Å². The van der Waals surface area contributed by atoms with Crippen molar-refractivity contribution in [1.82, 2.24) is 5.43 Å². The number of carbonyl (C=O) groups is 1. The average Bonchev–Trinajstić information content (AvgIpc) is 3.08. The molecule has 0 atom stereocenters. The van der Waals surface area contributed by atoms with Gasteiger partial charge in [0.2, 0.25) is 5.91 Å². The lowest BCUT2D eigenvalue weighted by molar-refractivity contribution is -0.124. The lowest BCUT2D eigenvalue weighted by Crippen LogP contribution is -2.47. The van der Waals surface area contributed by atoms with Crippen molar-refractivity contribution in [3.8, 4) is 0 Å². The quantitative estimate of drug-likeness (QED) is 0.512. The number of amides is 1. The fourth-order valence-corrected chi connectivity index (χ4v) is 3.92. The van der Waals surface area contributed by atoms with Gasteiger partial charge in [-0.15, -0.1) is 0 Å². The molecule has 0 aliphatic heterocycles. The summed E-state index contributed by atoms with van der Waals surface area (Å²) in [5.41, 5.74) is 4.09. The van der Waals surface area contributed by atoms with Crippen LogP contribution in [0.2, 0.25) is 0 Å². The van der Waals surface area contributed by atoms with Crippen molar-refractivity contribution in [2.75, 3.05) is 0 Å². The van der Waals surface area contributed by atoms with Gasteiger partial charge >= 0.3 is 0 Å². The number of hydrogen-bond donors (Lipinski definition) is 2. The summed E-state index contributed by atoms with van der Waals surface area (Å²) in [6, 6.07) is 8.33. The standard InChI is InChI=1S/C14H17BrN2O/c15-11-3-1-2-10(6-11)14(7-12(18)17-16)8-13(9-14)4-5-13/h1-3,6H,4-5,7-9,16H2,(H,17,18). The van der Waals surface area contributed by atoms with Crippen molar-refractivity contribution in [2.45, 2.75) is 37.5 Å². The van der Waals surface area contributed by atoms with Crippen LogP contribution in [0.3, 0.4) is 0 Å². The first kappa shape index (κ1) is 12.2. The Bertz CT molecular complexity index is 488. The van der Waals surface area contributed by atoms with Gasteiger partial charge in [0.25, 0.3) is 0 Å². The Hall–Kier alpha value is -0.870. The Morgan fingerprint density at radius 2 is 2.11 bits per heavy atom. The zero-order chi connectivity index (χ0) is 12.8. The second-order valence-corrected chi connectivity index (χ2v) is 6.80. The van der Waals surface area contributed by atoms with Gasteiger partial charge < -0.3 is 0 Å². The van der Waals surface area contributed by atoms with Gasteiger partial charge in [-0.25, -0.2) is 5.84 Å². The van der Waals surface area contributed by atoms with Crippen LogP contribution in [0.25, 0.3) is 0 Å². The van der Waals surface area contributed by atoms with Gasteiger partial charge in [-0.2, -0.15) is 0 Å². The first-order chi connectivity index (χ1) is 8.57. The largest absolute Gasteiger partial charge is 0.294 e. The van der Waals surface area contributed by atoms with Crippen molar-refractivity contribution in [1.29, 1.82) is 0 Å². The second-order valence-electron chi connectivity index (χ2n) is 5.89. The summed E-state index contributed by atoms with van der Waals surface area (Å²) >= 11 is 3.51. The highest BCUT2D eigenvalue weighted by Crippen LogP contribution is 2.70. The summed E-state index contributed by atoms with van der Waals surface area (Å²) in [7, 11) is 0. The molecule has 3 nitrogen and oxygen atoms in total. The third kappa shape index (κ3) is 1.97. The van der Waals surface area contributed by atoms with Gasteiger partial charge in [-0.1, -0.05) is 28.1 Å². The summed E-state index contributed by atoms with van der Waals surface area (Å²) in [5, 5.41) is 0. The molecule has 1 amide bonds. The van der Waals surface area contributed by atoms with E-state index in [9.17, 15) is 4.79 Å². The smallest absolute Gasteiger partial charge is 0.234 e. The minimum atomic E-state index is -0.0644. The molecular formula is C14H17BrN2O. The molecule has 1 aromatic rings. The molecule has 1 aromatic carbocycles. The predicted molar refractivity (Wildman–Crippen MR) is 73.7 cm³/mol. The Morgan fingerprint density at radius 3 is 2.67 bits per heavy atom. The highest BCUT2D eigenvalue weighted by molar-refractivity contribution is 9.10. The number of rotatable bonds is 3. The monoisotopic (exact) mass is 308 g/mol. The lowest BCUT2D eigenvalue weighted by Gasteiger charge is -2.49. The van der Waals surface area contributed by atoms with Crippen LogP contribution < -0.4 is 11.3 Å². The number of halogens is 1. The van der Waals surface area contributed by atoms with Crippen LogP contribution in [-0.4, -0.2) is 5.91 Å². The molecule has 2 aliphatic carbocycles. The molecular weight excluding hydrogens is 292 g/mol. The van der Waals surface area contributed by atoms with E-state index in [-0.39, 0.29) is 11.3 Å². The SMILES string of the molecule is NNC(=O)CC1(c2cccc(Br)c2)CC2(CC2)C1. The second kappa shape index (κ2) is 4.07. The number of carbonyl (C=O) groups excluding carboxylic acids is 1. The van der Waals surface area contributed by atoms with Crippen LogP contribution in [0.5, 0.6) is 0 Å². The van der Waals surface area contributed by atoms with Gasteiger partial charge in [0.1, 0.15) is 0 Å². The Balaban J connectivity index is 1.88. The topological polar surface area (TPSA) is 55.1 Å². The minimum absolute atomic E-state index is 0.00370. The molecule has 96 valence electrons. The van der Waals surface area contributed by atoms with Crippen LogP contribution in [0.4, 0.5) is 0 Å². The van der Waals surface area contributed by atoms with Crippen molar-refractivity contribution < 1.29 is 4.79 Å². The predicted octanol–water partition coefficient (Wildman–Crippen LogP) is 2.64. The summed E-state index contributed by atoms with van der Waals surface area (Å²) in [6.07, 6.45) is 5.41. The first-order valence-electron chi connectivity index (χ1n) is 6.33. The summed E-state index contributed by atoms with van der Waals surface area (Å²) in [5.74, 6) is 5.18. The zero-order valence-corrected chi connectivity index (χ0v) is 11.8. The van der Waals surface area contributed by atoms with Gasteiger partial charge in [-0.05, 0) is 48.8 Å². The van der Waals surface area contributed by atoms with Gasteiger partial charge in [-0.3, -0.25) is 10.2 Å². The Labute approximate surface area is 115 Å². The van der Waals surface area contributed by atoms with Gasteiger partial charge in [0, 0.05) is 16.3 Å².